The molecule has 0 saturated heterocycles. The molecule has 2 rings (SSSR count). The van der Waals surface area contributed by atoms with Crippen molar-refractivity contribution in [2.75, 3.05) is 6.26 Å². The van der Waals surface area contributed by atoms with E-state index in [4.69, 9.17) is 4.74 Å². The molecular formula is C11H9BrN2O2S. The molecule has 0 aliphatic rings. The van der Waals surface area contributed by atoms with Crippen LogP contribution in [0.3, 0.4) is 0 Å². The Morgan fingerprint density at radius 2 is 2.18 bits per heavy atom. The number of benzene rings is 1. The van der Waals surface area contributed by atoms with E-state index in [1.54, 1.807) is 11.8 Å². The van der Waals surface area contributed by atoms with Gasteiger partial charge in [0.15, 0.2) is 0 Å². The minimum atomic E-state index is -0.267. The van der Waals surface area contributed by atoms with Crippen LogP contribution in [0.15, 0.2) is 44.8 Å². The largest absolute Gasteiger partial charge is 0.436 e. The normalized spacial score (nSPS) is 10.2. The van der Waals surface area contributed by atoms with Crippen molar-refractivity contribution >= 4 is 27.7 Å². The zero-order valence-electron chi connectivity index (χ0n) is 8.94. The van der Waals surface area contributed by atoms with E-state index >= 15 is 0 Å². The van der Waals surface area contributed by atoms with E-state index in [9.17, 15) is 4.79 Å². The van der Waals surface area contributed by atoms with Crippen LogP contribution in [-0.2, 0) is 0 Å². The summed E-state index contributed by atoms with van der Waals surface area (Å²) in [4.78, 5) is 18.8. The Labute approximate surface area is 111 Å². The molecule has 0 amide bonds. The first-order valence-corrected chi connectivity index (χ1v) is 6.78. The molecule has 1 aromatic carbocycles. The number of thioether (sulfide) groups is 1. The Bertz CT molecular complexity index is 586. The molecule has 1 aromatic heterocycles. The Kier molecular flexibility index (Phi) is 3.86. The van der Waals surface area contributed by atoms with Gasteiger partial charge in [0.1, 0.15) is 10.2 Å². The average molecular weight is 313 g/mol. The fourth-order valence-electron chi connectivity index (χ4n) is 1.25. The van der Waals surface area contributed by atoms with Crippen molar-refractivity contribution < 1.29 is 4.74 Å². The lowest BCUT2D eigenvalue weighted by Gasteiger charge is -2.08. The highest BCUT2D eigenvalue weighted by molar-refractivity contribution is 9.10. The highest BCUT2D eigenvalue weighted by Crippen LogP contribution is 2.31. The van der Waals surface area contributed by atoms with Crippen LogP contribution in [0.4, 0.5) is 0 Å². The van der Waals surface area contributed by atoms with Gasteiger partial charge in [0, 0.05) is 4.90 Å². The van der Waals surface area contributed by atoms with Crippen LogP contribution in [0.2, 0.25) is 0 Å². The van der Waals surface area contributed by atoms with Crippen LogP contribution >= 0.6 is 27.7 Å². The van der Waals surface area contributed by atoms with Gasteiger partial charge in [-0.25, -0.2) is 4.98 Å². The number of rotatable bonds is 3. The maximum atomic E-state index is 11.4. The Morgan fingerprint density at radius 1 is 1.41 bits per heavy atom. The number of para-hydroxylation sites is 1. The fraction of sp³-hybridized carbons (Fsp3) is 0.0909. The van der Waals surface area contributed by atoms with Crippen LogP contribution in [0.25, 0.3) is 0 Å². The van der Waals surface area contributed by atoms with Crippen molar-refractivity contribution in [3.63, 3.8) is 0 Å². The zero-order valence-corrected chi connectivity index (χ0v) is 11.3. The van der Waals surface area contributed by atoms with E-state index < -0.39 is 0 Å². The summed E-state index contributed by atoms with van der Waals surface area (Å²) in [6.45, 7) is 0. The van der Waals surface area contributed by atoms with Gasteiger partial charge in [-0.1, -0.05) is 12.1 Å². The van der Waals surface area contributed by atoms with Crippen molar-refractivity contribution in [3.8, 4) is 11.6 Å². The van der Waals surface area contributed by atoms with E-state index in [0.717, 1.165) is 4.90 Å². The van der Waals surface area contributed by atoms with Crippen molar-refractivity contribution in [3.05, 3.63) is 45.4 Å². The molecule has 0 fully saturated rings. The molecule has 0 saturated carbocycles. The molecule has 17 heavy (non-hydrogen) atoms. The second kappa shape index (κ2) is 5.37. The van der Waals surface area contributed by atoms with Gasteiger partial charge in [-0.15, -0.1) is 11.8 Å². The summed E-state index contributed by atoms with van der Waals surface area (Å²) in [5.41, 5.74) is -0.267. The van der Waals surface area contributed by atoms with Crippen LogP contribution in [-0.4, -0.2) is 16.2 Å². The molecule has 0 atom stereocenters. The second-order valence-corrected chi connectivity index (χ2v) is 4.74. The lowest BCUT2D eigenvalue weighted by Crippen LogP contribution is -2.08. The van der Waals surface area contributed by atoms with Crippen LogP contribution in [0.1, 0.15) is 0 Å². The molecule has 0 unspecified atom stereocenters. The smallest absolute Gasteiger partial charge is 0.268 e. The number of ether oxygens (including phenoxy) is 1. The summed E-state index contributed by atoms with van der Waals surface area (Å²) in [6.07, 6.45) is 3.27. The molecule has 2 aromatic rings. The van der Waals surface area contributed by atoms with Gasteiger partial charge >= 0.3 is 0 Å². The highest BCUT2D eigenvalue weighted by atomic mass is 79.9. The number of nitrogens with one attached hydrogen (secondary N) is 1. The molecule has 4 nitrogen and oxygen atoms in total. The molecule has 0 spiro atoms. The predicted octanol–water partition coefficient (Wildman–Crippen LogP) is 3.05. The summed E-state index contributed by atoms with van der Waals surface area (Å²) in [6, 6.07) is 7.58. The first-order valence-electron chi connectivity index (χ1n) is 4.76. The number of aromatic amines is 1. The lowest BCUT2D eigenvalue weighted by molar-refractivity contribution is 0.446. The van der Waals surface area contributed by atoms with E-state index in [1.165, 1.54) is 6.33 Å². The number of nitrogens with zero attached hydrogens (tertiary/aromatic N) is 1. The number of hydrogen-bond acceptors (Lipinski definition) is 4. The monoisotopic (exact) mass is 312 g/mol. The maximum Gasteiger partial charge on any atom is 0.268 e. The quantitative estimate of drug-likeness (QED) is 0.885. The third-order valence-electron chi connectivity index (χ3n) is 2.04. The van der Waals surface area contributed by atoms with Crippen molar-refractivity contribution in [2.24, 2.45) is 0 Å². The predicted molar refractivity (Wildman–Crippen MR) is 70.9 cm³/mol. The molecule has 0 bridgehead atoms. The molecule has 1 N–H and O–H groups in total. The number of aromatic nitrogens is 2. The SMILES string of the molecule is CSc1ccccc1Oc1nc[nH]c(=O)c1Br. The number of H-pyrrole nitrogens is 1. The van der Waals surface area contributed by atoms with E-state index in [1.807, 2.05) is 30.5 Å². The van der Waals surface area contributed by atoms with Gasteiger partial charge in [0.05, 0.1) is 6.33 Å². The maximum absolute atomic E-state index is 11.4. The lowest BCUT2D eigenvalue weighted by atomic mass is 10.3. The minimum absolute atomic E-state index is 0.259. The van der Waals surface area contributed by atoms with Gasteiger partial charge in [-0.2, -0.15) is 0 Å². The van der Waals surface area contributed by atoms with Crippen LogP contribution in [0.5, 0.6) is 11.6 Å². The summed E-state index contributed by atoms with van der Waals surface area (Å²) in [5.74, 6) is 0.939. The standard InChI is InChI=1S/C11H9BrN2O2S/c1-17-8-5-3-2-4-7(8)16-11-9(12)10(15)13-6-14-11/h2-6H,1H3,(H,13,14,15). The van der Waals surface area contributed by atoms with Gasteiger partial charge in [-0.3, -0.25) is 4.79 Å². The van der Waals surface area contributed by atoms with Crippen LogP contribution < -0.4 is 10.3 Å². The molecule has 0 aliphatic carbocycles. The van der Waals surface area contributed by atoms with Gasteiger partial charge in [-0.05, 0) is 34.3 Å². The summed E-state index contributed by atoms with van der Waals surface area (Å²) in [5, 5.41) is 0. The minimum Gasteiger partial charge on any atom is -0.436 e. The summed E-state index contributed by atoms with van der Waals surface area (Å²) >= 11 is 4.72. The van der Waals surface area contributed by atoms with E-state index in [-0.39, 0.29) is 15.9 Å². The molecule has 0 aliphatic heterocycles. The summed E-state index contributed by atoms with van der Waals surface area (Å²) < 4.78 is 5.90. The molecule has 0 radical (unpaired) electrons. The zero-order chi connectivity index (χ0) is 12.3. The highest BCUT2D eigenvalue weighted by Gasteiger charge is 2.09. The first-order chi connectivity index (χ1) is 8.22. The van der Waals surface area contributed by atoms with Crippen LogP contribution in [0, 0.1) is 0 Å². The third-order valence-corrected chi connectivity index (χ3v) is 3.52. The van der Waals surface area contributed by atoms with Crippen molar-refractivity contribution in [1.82, 2.24) is 9.97 Å². The molecule has 1 heterocycles. The number of halogens is 1. The van der Waals surface area contributed by atoms with E-state index in [0.29, 0.717) is 5.75 Å². The number of hydrogen-bond donors (Lipinski definition) is 1. The fourth-order valence-corrected chi connectivity index (χ4v) is 2.07. The summed E-state index contributed by atoms with van der Waals surface area (Å²) in [7, 11) is 0. The van der Waals surface area contributed by atoms with E-state index in [2.05, 4.69) is 25.9 Å². The van der Waals surface area contributed by atoms with Gasteiger partial charge in [0.25, 0.3) is 5.56 Å². The van der Waals surface area contributed by atoms with Crippen molar-refractivity contribution in [2.45, 2.75) is 4.90 Å². The molecule has 88 valence electrons. The third kappa shape index (κ3) is 2.70. The average Bonchev–Trinajstić information content (AvgIpc) is 2.35. The van der Waals surface area contributed by atoms with Crippen molar-refractivity contribution in [1.29, 1.82) is 0 Å². The van der Waals surface area contributed by atoms with Gasteiger partial charge < -0.3 is 9.72 Å². The molecular weight excluding hydrogens is 304 g/mol. The topological polar surface area (TPSA) is 55.0 Å². The first kappa shape index (κ1) is 12.2. The second-order valence-electron chi connectivity index (χ2n) is 3.10. The Hall–Kier alpha value is -1.27. The van der Waals surface area contributed by atoms with Gasteiger partial charge in [0.2, 0.25) is 5.88 Å². The Morgan fingerprint density at radius 3 is 2.94 bits per heavy atom. The molecule has 6 heteroatoms. The Balaban J connectivity index is 2.38.